The van der Waals surface area contributed by atoms with Crippen LogP contribution in [0, 0.1) is 0 Å². The Kier molecular flexibility index (Phi) is 4.14. The maximum atomic E-state index is 5.37. The van der Waals surface area contributed by atoms with Gasteiger partial charge >= 0.3 is 0 Å². The highest BCUT2D eigenvalue weighted by Crippen LogP contribution is 2.31. The number of nitrogens with one attached hydrogen (secondary N) is 2. The summed E-state index contributed by atoms with van der Waals surface area (Å²) in [5.41, 5.74) is 1.60. The Morgan fingerprint density at radius 2 is 1.78 bits per heavy atom. The fraction of sp³-hybridized carbons (Fsp3) is 0.176. The first-order valence-electron chi connectivity index (χ1n) is 7.18. The normalized spacial score (nSPS) is 10.4. The molecule has 0 unspecified atom stereocenters. The highest BCUT2D eigenvalue weighted by molar-refractivity contribution is 5.90. The molecule has 3 rings (SSSR count). The Hall–Kier alpha value is -3.02. The Bertz CT molecular complexity index is 836. The Labute approximate surface area is 134 Å². The van der Waals surface area contributed by atoms with Gasteiger partial charge in [0, 0.05) is 18.5 Å². The van der Waals surface area contributed by atoms with Crippen molar-refractivity contribution in [1.82, 2.24) is 9.97 Å². The maximum Gasteiger partial charge on any atom is 0.229 e. The largest absolute Gasteiger partial charge is 0.497 e. The zero-order chi connectivity index (χ0) is 16.2. The number of nitrogens with zero attached hydrogens (tertiary/aromatic N) is 2. The molecule has 6 nitrogen and oxygen atoms in total. The van der Waals surface area contributed by atoms with Crippen LogP contribution in [0.1, 0.15) is 0 Å². The fourth-order valence-electron chi connectivity index (χ4n) is 2.36. The van der Waals surface area contributed by atoms with E-state index >= 15 is 0 Å². The molecular weight excluding hydrogens is 292 g/mol. The third kappa shape index (κ3) is 2.96. The van der Waals surface area contributed by atoms with Gasteiger partial charge in [0.2, 0.25) is 5.95 Å². The van der Waals surface area contributed by atoms with Gasteiger partial charge in [0.25, 0.3) is 0 Å². The van der Waals surface area contributed by atoms with Crippen LogP contribution >= 0.6 is 0 Å². The molecular formula is C17H18N4O2. The van der Waals surface area contributed by atoms with E-state index in [2.05, 4.69) is 20.6 Å². The van der Waals surface area contributed by atoms with Crippen LogP contribution in [0.15, 0.2) is 42.5 Å². The molecule has 0 saturated heterocycles. The van der Waals surface area contributed by atoms with Gasteiger partial charge in [0.1, 0.15) is 17.3 Å². The van der Waals surface area contributed by atoms with Gasteiger partial charge in [-0.2, -0.15) is 4.98 Å². The summed E-state index contributed by atoms with van der Waals surface area (Å²) in [5, 5.41) is 7.27. The molecule has 6 heteroatoms. The van der Waals surface area contributed by atoms with Gasteiger partial charge in [0.15, 0.2) is 0 Å². The Morgan fingerprint density at radius 3 is 2.52 bits per heavy atom. The fourth-order valence-corrected chi connectivity index (χ4v) is 2.36. The Balaban J connectivity index is 2.04. The van der Waals surface area contributed by atoms with Gasteiger partial charge in [0.05, 0.1) is 25.4 Å². The van der Waals surface area contributed by atoms with Crippen LogP contribution < -0.4 is 20.1 Å². The average Bonchev–Trinajstić information content (AvgIpc) is 2.60. The van der Waals surface area contributed by atoms with Gasteiger partial charge < -0.3 is 20.1 Å². The molecule has 0 radical (unpaired) electrons. The molecule has 0 fully saturated rings. The van der Waals surface area contributed by atoms with E-state index in [1.54, 1.807) is 14.2 Å². The second-order valence-corrected chi connectivity index (χ2v) is 4.85. The van der Waals surface area contributed by atoms with E-state index in [-0.39, 0.29) is 0 Å². The number of ether oxygens (including phenoxy) is 2. The number of para-hydroxylation sites is 1. The number of methoxy groups -OCH3 is 2. The first-order chi connectivity index (χ1) is 11.2. The van der Waals surface area contributed by atoms with E-state index in [1.165, 1.54) is 0 Å². The van der Waals surface area contributed by atoms with Crippen LogP contribution in [0.25, 0.3) is 10.9 Å². The predicted molar refractivity (Wildman–Crippen MR) is 91.9 cm³/mol. The summed E-state index contributed by atoms with van der Waals surface area (Å²) in [6.45, 7) is 0. The number of fused-ring (bicyclic) bond motifs is 1. The summed E-state index contributed by atoms with van der Waals surface area (Å²) in [4.78, 5) is 9.07. The summed E-state index contributed by atoms with van der Waals surface area (Å²) in [6, 6.07) is 13.4. The molecule has 2 aromatic carbocycles. The van der Waals surface area contributed by atoms with Gasteiger partial charge in [-0.25, -0.2) is 4.98 Å². The van der Waals surface area contributed by atoms with Crippen LogP contribution in [0.3, 0.4) is 0 Å². The Morgan fingerprint density at radius 1 is 0.957 bits per heavy atom. The molecule has 1 heterocycles. The zero-order valence-electron chi connectivity index (χ0n) is 13.3. The molecule has 2 N–H and O–H groups in total. The number of hydrogen-bond donors (Lipinski definition) is 2. The second kappa shape index (κ2) is 6.39. The summed E-state index contributed by atoms with van der Waals surface area (Å²) >= 11 is 0. The summed E-state index contributed by atoms with van der Waals surface area (Å²) < 4.78 is 10.6. The van der Waals surface area contributed by atoms with Crippen LogP contribution in [0.4, 0.5) is 17.5 Å². The lowest BCUT2D eigenvalue weighted by molar-refractivity contribution is 0.405. The third-order valence-electron chi connectivity index (χ3n) is 3.49. The maximum absolute atomic E-state index is 5.37. The number of hydrogen-bond acceptors (Lipinski definition) is 6. The van der Waals surface area contributed by atoms with Crippen LogP contribution in [-0.2, 0) is 0 Å². The first kappa shape index (κ1) is 14.9. The molecule has 0 atom stereocenters. The molecule has 0 spiro atoms. The van der Waals surface area contributed by atoms with Crippen LogP contribution in [-0.4, -0.2) is 31.2 Å². The molecule has 1 aromatic heterocycles. The van der Waals surface area contributed by atoms with E-state index < -0.39 is 0 Å². The minimum Gasteiger partial charge on any atom is -0.497 e. The number of benzene rings is 2. The van der Waals surface area contributed by atoms with Crippen molar-refractivity contribution in [2.45, 2.75) is 0 Å². The summed E-state index contributed by atoms with van der Waals surface area (Å²) in [6.07, 6.45) is 0. The predicted octanol–water partition coefficient (Wildman–Crippen LogP) is 3.43. The number of anilines is 3. The van der Waals surface area contributed by atoms with E-state index in [4.69, 9.17) is 9.47 Å². The van der Waals surface area contributed by atoms with Crippen molar-refractivity contribution >= 4 is 28.4 Å². The quantitative estimate of drug-likeness (QED) is 0.752. The minimum atomic E-state index is 0.486. The van der Waals surface area contributed by atoms with E-state index in [9.17, 15) is 0 Å². The molecule has 0 aliphatic rings. The first-order valence-corrected chi connectivity index (χ1v) is 7.18. The molecule has 0 saturated carbocycles. The van der Waals surface area contributed by atoms with Crippen molar-refractivity contribution in [1.29, 1.82) is 0 Å². The lowest BCUT2D eigenvalue weighted by Gasteiger charge is -2.13. The molecule has 118 valence electrons. The van der Waals surface area contributed by atoms with Gasteiger partial charge in [-0.1, -0.05) is 12.1 Å². The highest BCUT2D eigenvalue weighted by atomic mass is 16.5. The topological polar surface area (TPSA) is 68.3 Å². The minimum absolute atomic E-state index is 0.486. The van der Waals surface area contributed by atoms with E-state index in [1.807, 2.05) is 49.5 Å². The molecule has 3 aromatic rings. The number of aromatic nitrogens is 2. The highest BCUT2D eigenvalue weighted by Gasteiger charge is 2.10. The summed E-state index contributed by atoms with van der Waals surface area (Å²) in [5.74, 6) is 2.66. The van der Waals surface area contributed by atoms with Crippen molar-refractivity contribution in [2.24, 2.45) is 0 Å². The molecule has 0 aliphatic carbocycles. The monoisotopic (exact) mass is 310 g/mol. The van der Waals surface area contributed by atoms with Crippen molar-refractivity contribution in [3.63, 3.8) is 0 Å². The molecule has 23 heavy (non-hydrogen) atoms. The van der Waals surface area contributed by atoms with Crippen LogP contribution in [0.2, 0.25) is 0 Å². The lowest BCUT2D eigenvalue weighted by Crippen LogP contribution is -2.03. The average molecular weight is 310 g/mol. The van der Waals surface area contributed by atoms with Gasteiger partial charge in [-0.3, -0.25) is 0 Å². The van der Waals surface area contributed by atoms with Gasteiger partial charge in [-0.05, 0) is 24.3 Å². The van der Waals surface area contributed by atoms with Crippen molar-refractivity contribution in [3.05, 3.63) is 42.5 Å². The molecule has 0 aliphatic heterocycles. The van der Waals surface area contributed by atoms with Gasteiger partial charge in [-0.15, -0.1) is 0 Å². The van der Waals surface area contributed by atoms with E-state index in [0.29, 0.717) is 11.7 Å². The van der Waals surface area contributed by atoms with Crippen molar-refractivity contribution < 1.29 is 9.47 Å². The lowest BCUT2D eigenvalue weighted by atomic mass is 10.2. The van der Waals surface area contributed by atoms with Crippen LogP contribution in [0.5, 0.6) is 11.5 Å². The zero-order valence-corrected chi connectivity index (χ0v) is 13.3. The van der Waals surface area contributed by atoms with Crippen molar-refractivity contribution in [2.75, 3.05) is 31.9 Å². The standard InChI is InChI=1S/C17H18N4O2/c1-18-16-12-6-4-5-7-13(12)19-17(21-16)20-14-10-11(22-2)8-9-15(14)23-3/h4-10H,1-3H3,(H2,18,19,20,21). The molecule has 0 bridgehead atoms. The number of rotatable bonds is 5. The van der Waals surface area contributed by atoms with Crippen molar-refractivity contribution in [3.8, 4) is 11.5 Å². The smallest absolute Gasteiger partial charge is 0.229 e. The SMILES string of the molecule is CNc1nc(Nc2cc(OC)ccc2OC)nc2ccccc12. The molecule has 0 amide bonds. The summed E-state index contributed by atoms with van der Waals surface area (Å²) in [7, 11) is 5.08. The third-order valence-corrected chi connectivity index (χ3v) is 3.49. The van der Waals surface area contributed by atoms with E-state index in [0.717, 1.165) is 28.2 Å². The second-order valence-electron chi connectivity index (χ2n) is 4.85.